The van der Waals surface area contributed by atoms with E-state index in [0.717, 1.165) is 29.5 Å². The van der Waals surface area contributed by atoms with Crippen molar-refractivity contribution in [2.75, 3.05) is 6.61 Å². The number of terminal acetylenes is 1. The van der Waals surface area contributed by atoms with E-state index >= 15 is 0 Å². The molecule has 2 rings (SSSR count). The van der Waals surface area contributed by atoms with Gasteiger partial charge in [0.25, 0.3) is 0 Å². The summed E-state index contributed by atoms with van der Waals surface area (Å²) in [4.78, 5) is 12.7. The molecule has 1 atom stereocenters. The molecular formula is C30H41NO2. The predicted molar refractivity (Wildman–Crippen MR) is 141 cm³/mol. The Hall–Kier alpha value is -3.30. The van der Waals surface area contributed by atoms with Gasteiger partial charge in [0.2, 0.25) is 0 Å². The van der Waals surface area contributed by atoms with Gasteiger partial charge in [-0.3, -0.25) is 0 Å². The molecule has 2 aromatic rings. The molecule has 0 aromatic heterocycles. The molecule has 0 aliphatic heterocycles. The monoisotopic (exact) mass is 447 g/mol. The standard InChI is InChI=1S/C24H30O2.C3H4.C2H6.CHN/c1-4-6-13-20(5-2)18-26-24(25)19(3)23(21-14-9-7-10-15-21)22-16-11-8-12-17-22;1-3-2;2*1-2/h7-12,14-17,20H,4-6,13,18H2,1-3H3;1H,2H3;1-2H3;1H. The fourth-order valence-corrected chi connectivity index (χ4v) is 3.11. The van der Waals surface area contributed by atoms with Crippen LogP contribution in [0.1, 0.15) is 78.4 Å². The zero-order valence-corrected chi connectivity index (χ0v) is 21.3. The van der Waals surface area contributed by atoms with Gasteiger partial charge in [0.05, 0.1) is 6.61 Å². The van der Waals surface area contributed by atoms with Gasteiger partial charge in [-0.05, 0) is 42.9 Å². The molecule has 0 amide bonds. The first-order chi connectivity index (χ1) is 16.1. The Bertz CT molecular complexity index is 788. The average molecular weight is 448 g/mol. The van der Waals surface area contributed by atoms with Crippen LogP contribution in [0.4, 0.5) is 0 Å². The molecule has 0 fully saturated rings. The number of rotatable bonds is 9. The van der Waals surface area contributed by atoms with Gasteiger partial charge in [0, 0.05) is 12.1 Å². The molecule has 0 aliphatic carbocycles. The van der Waals surface area contributed by atoms with E-state index in [1.807, 2.05) is 81.4 Å². The van der Waals surface area contributed by atoms with E-state index in [0.29, 0.717) is 18.1 Å². The van der Waals surface area contributed by atoms with E-state index in [9.17, 15) is 4.79 Å². The highest BCUT2D eigenvalue weighted by Crippen LogP contribution is 2.27. The summed E-state index contributed by atoms with van der Waals surface area (Å²) in [5.74, 6) is 2.48. The first-order valence-corrected chi connectivity index (χ1v) is 11.7. The molecule has 0 N–H and O–H groups in total. The third-order valence-electron chi connectivity index (χ3n) is 4.80. The number of hydrogen-bond donors (Lipinski definition) is 0. The molecule has 1 unspecified atom stereocenters. The summed E-state index contributed by atoms with van der Waals surface area (Å²) in [6.07, 6.45) is 9.12. The lowest BCUT2D eigenvalue weighted by Crippen LogP contribution is -2.15. The number of hydrogen-bond acceptors (Lipinski definition) is 3. The van der Waals surface area contributed by atoms with Crippen molar-refractivity contribution in [1.29, 1.82) is 5.26 Å². The minimum atomic E-state index is -0.220. The van der Waals surface area contributed by atoms with Gasteiger partial charge in [-0.15, -0.1) is 12.3 Å². The van der Waals surface area contributed by atoms with Crippen LogP contribution in [0.25, 0.3) is 5.57 Å². The molecule has 3 nitrogen and oxygen atoms in total. The highest BCUT2D eigenvalue weighted by Gasteiger charge is 2.17. The van der Waals surface area contributed by atoms with E-state index in [4.69, 9.17) is 10.00 Å². The highest BCUT2D eigenvalue weighted by molar-refractivity contribution is 6.01. The van der Waals surface area contributed by atoms with Gasteiger partial charge in [0.15, 0.2) is 0 Å². The van der Waals surface area contributed by atoms with Crippen LogP contribution in [0.3, 0.4) is 0 Å². The molecule has 3 heteroatoms. The number of unbranched alkanes of at least 4 members (excludes halogenated alkanes) is 1. The van der Waals surface area contributed by atoms with Crippen LogP contribution in [0.2, 0.25) is 0 Å². The first kappa shape index (κ1) is 31.9. The molecule has 0 radical (unpaired) electrons. The molecule has 2 aromatic carbocycles. The Morgan fingerprint density at radius 2 is 1.39 bits per heavy atom. The summed E-state index contributed by atoms with van der Waals surface area (Å²) in [5.41, 5.74) is 3.67. The van der Waals surface area contributed by atoms with Crippen molar-refractivity contribution in [2.45, 2.75) is 67.2 Å². The van der Waals surface area contributed by atoms with Crippen LogP contribution in [0, 0.1) is 30.1 Å². The molecule has 0 aliphatic rings. The largest absolute Gasteiger partial charge is 0.462 e. The smallest absolute Gasteiger partial charge is 0.334 e. The van der Waals surface area contributed by atoms with Crippen LogP contribution in [0.5, 0.6) is 0 Å². The van der Waals surface area contributed by atoms with E-state index in [1.165, 1.54) is 12.8 Å². The van der Waals surface area contributed by atoms with Gasteiger partial charge >= 0.3 is 5.97 Å². The molecule has 178 valence electrons. The molecule has 0 saturated carbocycles. The fourth-order valence-electron chi connectivity index (χ4n) is 3.11. The summed E-state index contributed by atoms with van der Waals surface area (Å²) in [7, 11) is 0. The minimum absolute atomic E-state index is 0.220. The van der Waals surface area contributed by atoms with Gasteiger partial charge in [-0.2, -0.15) is 0 Å². The first-order valence-electron chi connectivity index (χ1n) is 11.7. The normalized spacial score (nSPS) is 9.67. The lowest BCUT2D eigenvalue weighted by molar-refractivity contribution is -0.140. The Morgan fingerprint density at radius 3 is 1.76 bits per heavy atom. The fraction of sp³-hybridized carbons (Fsp3) is 0.400. The van der Waals surface area contributed by atoms with Gasteiger partial charge < -0.3 is 4.74 Å². The maximum absolute atomic E-state index is 12.7. The van der Waals surface area contributed by atoms with Gasteiger partial charge in [-0.25, -0.2) is 10.1 Å². The van der Waals surface area contributed by atoms with Crippen LogP contribution in [-0.2, 0) is 9.53 Å². The van der Waals surface area contributed by atoms with Crippen LogP contribution >= 0.6 is 0 Å². The molecule has 0 spiro atoms. The quantitative estimate of drug-likeness (QED) is 0.222. The van der Waals surface area contributed by atoms with Gasteiger partial charge in [0.1, 0.15) is 0 Å². The molecule has 0 bridgehead atoms. The van der Waals surface area contributed by atoms with E-state index in [2.05, 4.69) is 32.8 Å². The second-order valence-electron chi connectivity index (χ2n) is 7.04. The summed E-state index contributed by atoms with van der Waals surface area (Å²) >= 11 is 0. The van der Waals surface area contributed by atoms with Crippen molar-refractivity contribution in [2.24, 2.45) is 5.92 Å². The average Bonchev–Trinajstić information content (AvgIpc) is 2.88. The van der Waals surface area contributed by atoms with Crippen LogP contribution in [-0.4, -0.2) is 12.6 Å². The van der Waals surface area contributed by atoms with Crippen LogP contribution < -0.4 is 0 Å². The van der Waals surface area contributed by atoms with Crippen molar-refractivity contribution in [3.63, 3.8) is 0 Å². The van der Waals surface area contributed by atoms with Crippen molar-refractivity contribution in [3.05, 3.63) is 77.4 Å². The molecular weight excluding hydrogens is 406 g/mol. The Kier molecular flexibility index (Phi) is 21.2. The zero-order valence-electron chi connectivity index (χ0n) is 21.3. The number of nitrogens with zero attached hydrogens (tertiary/aromatic N) is 1. The summed E-state index contributed by atoms with van der Waals surface area (Å²) in [5, 5.41) is 6.50. The molecule has 33 heavy (non-hydrogen) atoms. The second-order valence-corrected chi connectivity index (χ2v) is 7.04. The molecule has 0 saturated heterocycles. The topological polar surface area (TPSA) is 50.1 Å². The lowest BCUT2D eigenvalue weighted by Gasteiger charge is -2.17. The van der Waals surface area contributed by atoms with Gasteiger partial charge in [-0.1, -0.05) is 108 Å². The number of nitriles is 1. The Morgan fingerprint density at radius 1 is 0.970 bits per heavy atom. The number of carbonyl (C=O) groups is 1. The predicted octanol–water partition coefficient (Wildman–Crippen LogP) is 8.07. The van der Waals surface area contributed by atoms with E-state index in [-0.39, 0.29) is 5.97 Å². The number of ether oxygens (including phenoxy) is 1. The number of carbonyl (C=O) groups excluding carboxylic acids is 1. The lowest BCUT2D eigenvalue weighted by atomic mass is 9.93. The third kappa shape index (κ3) is 13.0. The SMILES string of the molecule is C#CC.C#N.CC.CCCCC(CC)COC(=O)C(C)=C(c1ccccc1)c1ccccc1. The van der Waals surface area contributed by atoms with E-state index < -0.39 is 0 Å². The number of benzene rings is 2. The second kappa shape index (κ2) is 21.9. The van der Waals surface area contributed by atoms with E-state index in [1.54, 1.807) is 6.92 Å². The zero-order chi connectivity index (χ0) is 25.5. The maximum Gasteiger partial charge on any atom is 0.334 e. The Labute approximate surface area is 202 Å². The highest BCUT2D eigenvalue weighted by atomic mass is 16.5. The number of esters is 1. The summed E-state index contributed by atoms with van der Waals surface area (Å²) in [6.45, 7) is 15.9. The Balaban J connectivity index is 0. The molecule has 0 heterocycles. The third-order valence-corrected chi connectivity index (χ3v) is 4.80. The van der Waals surface area contributed by atoms with Crippen molar-refractivity contribution < 1.29 is 9.53 Å². The van der Waals surface area contributed by atoms with Crippen molar-refractivity contribution >= 4 is 11.5 Å². The van der Waals surface area contributed by atoms with Crippen molar-refractivity contribution in [3.8, 4) is 18.9 Å². The van der Waals surface area contributed by atoms with Crippen molar-refractivity contribution in [1.82, 2.24) is 0 Å². The maximum atomic E-state index is 12.7. The summed E-state index contributed by atoms with van der Waals surface area (Å²) < 4.78 is 5.68. The van der Waals surface area contributed by atoms with Crippen LogP contribution in [0.15, 0.2) is 66.2 Å². The minimum Gasteiger partial charge on any atom is -0.462 e. The summed E-state index contributed by atoms with van der Waals surface area (Å²) in [6, 6.07) is 20.1.